The molecule has 2 aromatic rings. The zero-order chi connectivity index (χ0) is 18.4. The molecule has 1 N–H and O–H groups in total. The summed E-state index contributed by atoms with van der Waals surface area (Å²) in [6.07, 6.45) is -0.440. The fraction of sp³-hybridized carbons (Fsp3) is 0.222. The lowest BCUT2D eigenvalue weighted by Crippen LogP contribution is -2.38. The lowest BCUT2D eigenvalue weighted by molar-refractivity contribution is -0.141. The Hall–Kier alpha value is -2.83. The van der Waals surface area contributed by atoms with E-state index in [1.807, 2.05) is 0 Å². The van der Waals surface area contributed by atoms with E-state index in [1.165, 1.54) is 7.11 Å². The van der Waals surface area contributed by atoms with Crippen molar-refractivity contribution in [3.8, 4) is 0 Å². The van der Waals surface area contributed by atoms with Gasteiger partial charge in [-0.2, -0.15) is 0 Å². The van der Waals surface area contributed by atoms with Crippen molar-refractivity contribution in [1.82, 2.24) is 5.32 Å². The predicted molar refractivity (Wildman–Crippen MR) is 84.3 cm³/mol. The van der Waals surface area contributed by atoms with Crippen molar-refractivity contribution in [2.75, 3.05) is 7.11 Å². The summed E-state index contributed by atoms with van der Waals surface area (Å²) in [6.45, 7) is 0. The fourth-order valence-corrected chi connectivity index (χ4v) is 2.30. The van der Waals surface area contributed by atoms with Gasteiger partial charge in [-0.05, 0) is 30.2 Å². The van der Waals surface area contributed by atoms with Crippen molar-refractivity contribution in [3.63, 3.8) is 0 Å². The first-order valence-electron chi connectivity index (χ1n) is 7.47. The lowest BCUT2D eigenvalue weighted by Gasteiger charge is -2.18. The number of esters is 1. The molecule has 0 bridgehead atoms. The highest BCUT2D eigenvalue weighted by Crippen LogP contribution is 2.17. The Balaban J connectivity index is 2.20. The molecule has 0 aliphatic heterocycles. The van der Waals surface area contributed by atoms with Gasteiger partial charge in [0, 0.05) is 17.7 Å². The van der Waals surface area contributed by atoms with E-state index in [2.05, 4.69) is 10.1 Å². The molecule has 0 spiro atoms. The van der Waals surface area contributed by atoms with E-state index in [1.54, 1.807) is 30.3 Å². The molecule has 1 unspecified atom stereocenters. The number of hydrogen-bond acceptors (Lipinski definition) is 3. The van der Waals surface area contributed by atoms with Gasteiger partial charge < -0.3 is 10.1 Å². The van der Waals surface area contributed by atoms with Crippen molar-refractivity contribution < 1.29 is 27.5 Å². The molecule has 0 fully saturated rings. The molecule has 1 amide bonds. The van der Waals surface area contributed by atoms with Crippen molar-refractivity contribution in [1.29, 1.82) is 0 Å². The van der Waals surface area contributed by atoms with Gasteiger partial charge in [0.05, 0.1) is 13.5 Å². The maximum Gasteiger partial charge on any atom is 0.307 e. The van der Waals surface area contributed by atoms with Crippen LogP contribution in [0.25, 0.3) is 0 Å². The second kappa shape index (κ2) is 8.32. The molecule has 25 heavy (non-hydrogen) atoms. The zero-order valence-corrected chi connectivity index (χ0v) is 13.4. The number of ether oxygens (including phenoxy) is 1. The number of halogens is 3. The van der Waals surface area contributed by atoms with Crippen molar-refractivity contribution in [3.05, 3.63) is 71.0 Å². The molecule has 1 atom stereocenters. The Morgan fingerprint density at radius 3 is 2.32 bits per heavy atom. The summed E-state index contributed by atoms with van der Waals surface area (Å²) in [5.41, 5.74) is 0.198. The lowest BCUT2D eigenvalue weighted by atomic mass is 10.0. The summed E-state index contributed by atoms with van der Waals surface area (Å²) >= 11 is 0. The summed E-state index contributed by atoms with van der Waals surface area (Å²) < 4.78 is 44.8. The van der Waals surface area contributed by atoms with Crippen LogP contribution in [0, 0.1) is 17.5 Å². The second-order valence-corrected chi connectivity index (χ2v) is 5.38. The minimum atomic E-state index is -1.31. The third kappa shape index (κ3) is 5.07. The second-order valence-electron chi connectivity index (χ2n) is 5.38. The van der Waals surface area contributed by atoms with Crippen LogP contribution in [-0.4, -0.2) is 25.0 Å². The van der Waals surface area contributed by atoms with Gasteiger partial charge in [0.2, 0.25) is 0 Å². The van der Waals surface area contributed by atoms with Gasteiger partial charge in [-0.1, -0.05) is 18.2 Å². The molecule has 0 aliphatic rings. The normalized spacial score (nSPS) is 11.7. The summed E-state index contributed by atoms with van der Waals surface area (Å²) in [5.74, 6) is -4.57. The number of nitrogens with one attached hydrogen (secondary N) is 1. The SMILES string of the molecule is COC(=O)CC(Cc1cc(F)c(F)cc1F)NC(=O)c1ccccc1. The number of amides is 1. The molecule has 0 saturated heterocycles. The third-order valence-electron chi connectivity index (χ3n) is 3.57. The highest BCUT2D eigenvalue weighted by Gasteiger charge is 2.21. The van der Waals surface area contributed by atoms with Crippen LogP contribution in [0.3, 0.4) is 0 Å². The van der Waals surface area contributed by atoms with Gasteiger partial charge in [-0.3, -0.25) is 9.59 Å². The van der Waals surface area contributed by atoms with Gasteiger partial charge >= 0.3 is 5.97 Å². The average Bonchev–Trinajstić information content (AvgIpc) is 2.60. The summed E-state index contributed by atoms with van der Waals surface area (Å²) in [6, 6.07) is 8.51. The third-order valence-corrected chi connectivity index (χ3v) is 3.57. The predicted octanol–water partition coefficient (Wildman–Crippen LogP) is 3.01. The van der Waals surface area contributed by atoms with Crippen LogP contribution < -0.4 is 5.32 Å². The molecular formula is C18H16F3NO3. The molecule has 0 aromatic heterocycles. The van der Waals surface area contributed by atoms with Gasteiger partial charge in [0.25, 0.3) is 5.91 Å². The Bertz CT molecular complexity index is 766. The van der Waals surface area contributed by atoms with Crippen LogP contribution in [0.1, 0.15) is 22.3 Å². The molecule has 2 aromatic carbocycles. The molecular weight excluding hydrogens is 335 g/mol. The van der Waals surface area contributed by atoms with Crippen molar-refractivity contribution >= 4 is 11.9 Å². The van der Waals surface area contributed by atoms with Gasteiger partial charge in [0.1, 0.15) is 5.82 Å². The average molecular weight is 351 g/mol. The molecule has 0 saturated carbocycles. The van der Waals surface area contributed by atoms with Crippen molar-refractivity contribution in [2.24, 2.45) is 0 Å². The number of carbonyl (C=O) groups excluding carboxylic acids is 2. The van der Waals surface area contributed by atoms with E-state index in [4.69, 9.17) is 0 Å². The molecule has 7 heteroatoms. The van der Waals surface area contributed by atoms with E-state index in [9.17, 15) is 22.8 Å². The standard InChI is InChI=1S/C18H16F3NO3/c1-25-17(23)9-13(22-18(24)11-5-3-2-4-6-11)7-12-8-15(20)16(21)10-14(12)19/h2-6,8,10,13H,7,9H2,1H3,(H,22,24). The minimum absolute atomic E-state index is 0.152. The highest BCUT2D eigenvalue weighted by atomic mass is 19.2. The number of benzene rings is 2. The number of rotatable bonds is 6. The Kier molecular flexibility index (Phi) is 6.16. The maximum atomic E-state index is 13.8. The van der Waals surface area contributed by atoms with Crippen LogP contribution in [0.2, 0.25) is 0 Å². The first-order chi connectivity index (χ1) is 11.9. The van der Waals surface area contributed by atoms with E-state index in [0.717, 1.165) is 0 Å². The molecule has 0 aliphatic carbocycles. The van der Waals surface area contributed by atoms with Crippen LogP contribution in [0.4, 0.5) is 13.2 Å². The number of hydrogen-bond donors (Lipinski definition) is 1. The molecule has 0 radical (unpaired) electrons. The Morgan fingerprint density at radius 1 is 1.04 bits per heavy atom. The van der Waals surface area contributed by atoms with Gasteiger partial charge in [-0.15, -0.1) is 0 Å². The number of methoxy groups -OCH3 is 1. The largest absolute Gasteiger partial charge is 0.469 e. The summed E-state index contributed by atoms with van der Waals surface area (Å²) in [5, 5.41) is 2.59. The Morgan fingerprint density at radius 2 is 1.68 bits per heavy atom. The van der Waals surface area contributed by atoms with Gasteiger partial charge in [0.15, 0.2) is 11.6 Å². The first-order valence-corrected chi connectivity index (χ1v) is 7.47. The van der Waals surface area contributed by atoms with Gasteiger partial charge in [-0.25, -0.2) is 13.2 Å². The van der Waals surface area contributed by atoms with E-state index in [0.29, 0.717) is 17.7 Å². The van der Waals surface area contributed by atoms with Crippen LogP contribution >= 0.6 is 0 Å². The van der Waals surface area contributed by atoms with E-state index < -0.39 is 35.4 Å². The van der Waals surface area contributed by atoms with E-state index in [-0.39, 0.29) is 18.4 Å². The topological polar surface area (TPSA) is 55.4 Å². The number of carbonyl (C=O) groups is 2. The monoisotopic (exact) mass is 351 g/mol. The summed E-state index contributed by atoms with van der Waals surface area (Å²) in [4.78, 5) is 23.8. The Labute approximate surface area is 142 Å². The quantitative estimate of drug-likeness (QED) is 0.643. The minimum Gasteiger partial charge on any atom is -0.469 e. The first kappa shape index (κ1) is 18.5. The van der Waals surface area contributed by atoms with Crippen molar-refractivity contribution in [2.45, 2.75) is 18.9 Å². The smallest absolute Gasteiger partial charge is 0.307 e. The molecule has 132 valence electrons. The zero-order valence-electron chi connectivity index (χ0n) is 13.4. The maximum absolute atomic E-state index is 13.8. The summed E-state index contributed by atoms with van der Waals surface area (Å²) in [7, 11) is 1.18. The fourth-order valence-electron chi connectivity index (χ4n) is 2.30. The van der Waals surface area contributed by atoms with E-state index >= 15 is 0 Å². The van der Waals surface area contributed by atoms with Crippen LogP contribution in [-0.2, 0) is 16.0 Å². The molecule has 2 rings (SSSR count). The van der Waals surface area contributed by atoms with Crippen LogP contribution in [0.15, 0.2) is 42.5 Å². The highest BCUT2D eigenvalue weighted by molar-refractivity contribution is 5.94. The molecule has 0 heterocycles. The van der Waals surface area contributed by atoms with Crippen LogP contribution in [0.5, 0.6) is 0 Å². The molecule has 4 nitrogen and oxygen atoms in total.